The van der Waals surface area contributed by atoms with E-state index >= 15 is 0 Å². The first-order chi connectivity index (χ1) is 8.16. The Hall–Kier alpha value is -0.570. The van der Waals surface area contributed by atoms with Crippen LogP contribution in [0.5, 0.6) is 0 Å². The average molecular weight is 254 g/mol. The van der Waals surface area contributed by atoms with E-state index in [1.54, 1.807) is 0 Å². The fourth-order valence-electron chi connectivity index (χ4n) is 2.33. The van der Waals surface area contributed by atoms with Crippen molar-refractivity contribution in [3.8, 4) is 0 Å². The zero-order valence-electron chi connectivity index (χ0n) is 10.5. The van der Waals surface area contributed by atoms with E-state index in [1.807, 2.05) is 6.07 Å². The first kappa shape index (κ1) is 12.9. The molecule has 2 nitrogen and oxygen atoms in total. The van der Waals surface area contributed by atoms with Crippen LogP contribution in [-0.2, 0) is 11.2 Å². The van der Waals surface area contributed by atoms with Gasteiger partial charge in [0.25, 0.3) is 0 Å². The maximum atomic E-state index is 5.99. The van der Waals surface area contributed by atoms with Crippen molar-refractivity contribution in [3.05, 3.63) is 34.3 Å². The summed E-state index contributed by atoms with van der Waals surface area (Å²) in [6, 6.07) is 6.68. The molecular formula is C14H20ClNO. The van der Waals surface area contributed by atoms with E-state index in [0.717, 1.165) is 31.0 Å². The van der Waals surface area contributed by atoms with Crippen molar-refractivity contribution in [2.24, 2.45) is 0 Å². The Bertz CT molecular complexity index is 378. The standard InChI is InChI=1S/C14H20ClNO/c1-10(2)17-8-7-16-14-6-3-11-9-12(15)4-5-13(11)14/h4-5,9-10,14,16H,3,6-8H2,1-2H3. The second-order valence-electron chi connectivity index (χ2n) is 4.81. The molecule has 3 heteroatoms. The van der Waals surface area contributed by atoms with Crippen molar-refractivity contribution in [1.29, 1.82) is 0 Å². The molecule has 1 aliphatic carbocycles. The molecule has 0 aromatic heterocycles. The lowest BCUT2D eigenvalue weighted by Gasteiger charge is -2.15. The number of ether oxygens (including phenoxy) is 1. The van der Waals surface area contributed by atoms with Crippen LogP contribution in [0.3, 0.4) is 0 Å². The molecular weight excluding hydrogens is 234 g/mol. The molecule has 0 aliphatic heterocycles. The highest BCUT2D eigenvalue weighted by atomic mass is 35.5. The fourth-order valence-corrected chi connectivity index (χ4v) is 2.52. The number of aryl methyl sites for hydroxylation is 1. The van der Waals surface area contributed by atoms with Crippen LogP contribution in [0, 0.1) is 0 Å². The first-order valence-electron chi connectivity index (χ1n) is 6.30. The van der Waals surface area contributed by atoms with Crippen LogP contribution in [-0.4, -0.2) is 19.3 Å². The predicted octanol–water partition coefficient (Wildman–Crippen LogP) is 3.34. The lowest BCUT2D eigenvalue weighted by atomic mass is 10.1. The highest BCUT2D eigenvalue weighted by Gasteiger charge is 2.21. The quantitative estimate of drug-likeness (QED) is 0.813. The molecule has 0 saturated heterocycles. The van der Waals surface area contributed by atoms with Gasteiger partial charge in [0.05, 0.1) is 12.7 Å². The van der Waals surface area contributed by atoms with Crippen LogP contribution in [0.15, 0.2) is 18.2 Å². The average Bonchev–Trinajstić information content (AvgIpc) is 2.66. The van der Waals surface area contributed by atoms with Gasteiger partial charge in [-0.2, -0.15) is 0 Å². The summed E-state index contributed by atoms with van der Waals surface area (Å²) < 4.78 is 5.53. The lowest BCUT2D eigenvalue weighted by Crippen LogP contribution is -2.24. The maximum absolute atomic E-state index is 5.99. The Morgan fingerprint density at radius 1 is 1.47 bits per heavy atom. The van der Waals surface area contributed by atoms with Crippen molar-refractivity contribution in [2.75, 3.05) is 13.2 Å². The first-order valence-corrected chi connectivity index (χ1v) is 6.68. The molecule has 0 spiro atoms. The number of rotatable bonds is 5. The van der Waals surface area contributed by atoms with E-state index in [2.05, 4.69) is 31.3 Å². The monoisotopic (exact) mass is 253 g/mol. The number of hydrogen-bond donors (Lipinski definition) is 1. The Labute approximate surface area is 108 Å². The molecule has 0 radical (unpaired) electrons. The molecule has 94 valence electrons. The lowest BCUT2D eigenvalue weighted by molar-refractivity contribution is 0.0793. The summed E-state index contributed by atoms with van der Waals surface area (Å²) in [6.07, 6.45) is 2.60. The van der Waals surface area contributed by atoms with Crippen molar-refractivity contribution >= 4 is 11.6 Å². The normalized spacial score (nSPS) is 18.7. The van der Waals surface area contributed by atoms with Gasteiger partial charge >= 0.3 is 0 Å². The number of hydrogen-bond acceptors (Lipinski definition) is 2. The number of benzene rings is 1. The SMILES string of the molecule is CC(C)OCCNC1CCc2cc(Cl)ccc21. The summed E-state index contributed by atoms with van der Waals surface area (Å²) in [4.78, 5) is 0. The van der Waals surface area contributed by atoms with Crippen LogP contribution in [0.4, 0.5) is 0 Å². The molecule has 0 amide bonds. The highest BCUT2D eigenvalue weighted by Crippen LogP contribution is 2.32. The fraction of sp³-hybridized carbons (Fsp3) is 0.571. The van der Waals surface area contributed by atoms with Gasteiger partial charge in [-0.05, 0) is 49.9 Å². The van der Waals surface area contributed by atoms with Gasteiger partial charge in [-0.15, -0.1) is 0 Å². The van der Waals surface area contributed by atoms with E-state index in [9.17, 15) is 0 Å². The molecule has 17 heavy (non-hydrogen) atoms. The van der Waals surface area contributed by atoms with Gasteiger partial charge in [-0.3, -0.25) is 0 Å². The smallest absolute Gasteiger partial charge is 0.0594 e. The van der Waals surface area contributed by atoms with E-state index in [4.69, 9.17) is 16.3 Å². The third kappa shape index (κ3) is 3.44. The van der Waals surface area contributed by atoms with Crippen LogP contribution in [0.25, 0.3) is 0 Å². The summed E-state index contributed by atoms with van der Waals surface area (Å²) in [6.45, 7) is 5.81. The van der Waals surface area contributed by atoms with E-state index in [-0.39, 0.29) is 0 Å². The summed E-state index contributed by atoms with van der Waals surface area (Å²) in [5, 5.41) is 4.38. The topological polar surface area (TPSA) is 21.3 Å². The maximum Gasteiger partial charge on any atom is 0.0594 e. The van der Waals surface area contributed by atoms with Gasteiger partial charge in [-0.25, -0.2) is 0 Å². The number of halogens is 1. The molecule has 1 atom stereocenters. The predicted molar refractivity (Wildman–Crippen MR) is 71.6 cm³/mol. The van der Waals surface area contributed by atoms with Crippen molar-refractivity contribution in [1.82, 2.24) is 5.32 Å². The van der Waals surface area contributed by atoms with Gasteiger partial charge in [0.2, 0.25) is 0 Å². The molecule has 0 saturated carbocycles. The van der Waals surface area contributed by atoms with Gasteiger partial charge in [0, 0.05) is 17.6 Å². The number of nitrogens with one attached hydrogen (secondary N) is 1. The third-order valence-corrected chi connectivity index (χ3v) is 3.36. The highest BCUT2D eigenvalue weighted by molar-refractivity contribution is 6.30. The molecule has 0 heterocycles. The van der Waals surface area contributed by atoms with E-state index < -0.39 is 0 Å². The molecule has 2 rings (SSSR count). The summed E-state index contributed by atoms with van der Waals surface area (Å²) in [5.74, 6) is 0. The van der Waals surface area contributed by atoms with Gasteiger partial charge in [0.1, 0.15) is 0 Å². The molecule has 1 unspecified atom stereocenters. The second-order valence-corrected chi connectivity index (χ2v) is 5.24. The van der Waals surface area contributed by atoms with Crippen molar-refractivity contribution in [3.63, 3.8) is 0 Å². The van der Waals surface area contributed by atoms with Gasteiger partial charge < -0.3 is 10.1 Å². The summed E-state index contributed by atoms with van der Waals surface area (Å²) >= 11 is 5.99. The molecule has 1 aromatic carbocycles. The minimum Gasteiger partial charge on any atom is -0.377 e. The van der Waals surface area contributed by atoms with Gasteiger partial charge in [0.15, 0.2) is 0 Å². The molecule has 0 bridgehead atoms. The zero-order valence-corrected chi connectivity index (χ0v) is 11.3. The molecule has 1 aromatic rings. The Balaban J connectivity index is 1.85. The Kier molecular flexibility index (Phi) is 4.43. The second kappa shape index (κ2) is 5.85. The minimum absolute atomic E-state index is 0.312. The number of fused-ring (bicyclic) bond motifs is 1. The Morgan fingerprint density at radius 3 is 3.06 bits per heavy atom. The Morgan fingerprint density at radius 2 is 2.29 bits per heavy atom. The van der Waals surface area contributed by atoms with E-state index in [0.29, 0.717) is 12.1 Å². The third-order valence-electron chi connectivity index (χ3n) is 3.13. The van der Waals surface area contributed by atoms with Crippen molar-refractivity contribution in [2.45, 2.75) is 38.8 Å². The minimum atomic E-state index is 0.312. The van der Waals surface area contributed by atoms with Crippen LogP contribution in [0.2, 0.25) is 5.02 Å². The molecule has 0 fully saturated rings. The zero-order chi connectivity index (χ0) is 12.3. The summed E-state index contributed by atoms with van der Waals surface area (Å²) in [5.41, 5.74) is 2.79. The molecule has 1 N–H and O–H groups in total. The van der Waals surface area contributed by atoms with E-state index in [1.165, 1.54) is 11.1 Å². The van der Waals surface area contributed by atoms with Crippen LogP contribution >= 0.6 is 11.6 Å². The summed E-state index contributed by atoms with van der Waals surface area (Å²) in [7, 11) is 0. The van der Waals surface area contributed by atoms with Crippen molar-refractivity contribution < 1.29 is 4.74 Å². The molecule has 1 aliphatic rings. The van der Waals surface area contributed by atoms with Gasteiger partial charge in [-0.1, -0.05) is 17.7 Å². The largest absolute Gasteiger partial charge is 0.377 e. The van der Waals surface area contributed by atoms with Crippen LogP contribution in [0.1, 0.15) is 37.4 Å². The van der Waals surface area contributed by atoms with Crippen LogP contribution < -0.4 is 5.32 Å².